The SMILES string of the molecule is CC1COC(CCl)CN1S(=O)(=O)c1c(F)cc(F)cc1F. The van der Waals surface area contributed by atoms with Gasteiger partial charge in [0, 0.05) is 30.6 Å². The largest absolute Gasteiger partial charge is 0.374 e. The number of morpholine rings is 1. The second-order valence-corrected chi connectivity index (χ2v) is 6.87. The highest BCUT2D eigenvalue weighted by atomic mass is 35.5. The van der Waals surface area contributed by atoms with E-state index in [-0.39, 0.29) is 19.0 Å². The molecule has 1 fully saturated rings. The van der Waals surface area contributed by atoms with E-state index < -0.39 is 44.5 Å². The van der Waals surface area contributed by atoms with Gasteiger partial charge in [-0.05, 0) is 6.92 Å². The van der Waals surface area contributed by atoms with Gasteiger partial charge in [-0.2, -0.15) is 4.31 Å². The zero-order valence-electron chi connectivity index (χ0n) is 11.0. The van der Waals surface area contributed by atoms with Gasteiger partial charge in [-0.25, -0.2) is 21.6 Å². The molecule has 1 heterocycles. The number of alkyl halides is 1. The molecule has 1 aromatic rings. The molecule has 1 aliphatic rings. The van der Waals surface area contributed by atoms with Gasteiger partial charge in [-0.3, -0.25) is 0 Å². The van der Waals surface area contributed by atoms with E-state index in [0.29, 0.717) is 12.1 Å². The molecule has 1 saturated heterocycles. The Morgan fingerprint density at radius 3 is 2.43 bits per heavy atom. The van der Waals surface area contributed by atoms with Gasteiger partial charge in [0.1, 0.15) is 17.5 Å². The second-order valence-electron chi connectivity index (χ2n) is 4.73. The Hall–Kier alpha value is -0.830. The van der Waals surface area contributed by atoms with Crippen LogP contribution in [-0.2, 0) is 14.8 Å². The molecule has 0 aromatic heterocycles. The first-order valence-electron chi connectivity index (χ1n) is 6.11. The highest BCUT2D eigenvalue weighted by Gasteiger charge is 2.38. The Labute approximate surface area is 125 Å². The van der Waals surface area contributed by atoms with Crippen LogP contribution in [0.5, 0.6) is 0 Å². The van der Waals surface area contributed by atoms with E-state index in [1.165, 1.54) is 0 Å². The van der Waals surface area contributed by atoms with Crippen LogP contribution >= 0.6 is 11.6 Å². The van der Waals surface area contributed by atoms with Crippen molar-refractivity contribution in [1.29, 1.82) is 0 Å². The maximum atomic E-state index is 13.7. The fourth-order valence-corrected chi connectivity index (χ4v) is 4.04. The third-order valence-corrected chi connectivity index (χ3v) is 5.53. The lowest BCUT2D eigenvalue weighted by molar-refractivity contribution is -0.0153. The molecule has 0 saturated carbocycles. The molecule has 0 radical (unpaired) electrons. The van der Waals surface area contributed by atoms with Crippen LogP contribution in [0, 0.1) is 17.5 Å². The minimum Gasteiger partial charge on any atom is -0.374 e. The Morgan fingerprint density at radius 2 is 1.90 bits per heavy atom. The predicted octanol–water partition coefficient (Wildman–Crippen LogP) is 2.12. The molecule has 118 valence electrons. The van der Waals surface area contributed by atoms with Crippen LogP contribution in [0.25, 0.3) is 0 Å². The van der Waals surface area contributed by atoms with Crippen LogP contribution in [0.1, 0.15) is 6.92 Å². The quantitative estimate of drug-likeness (QED) is 0.790. The topological polar surface area (TPSA) is 46.6 Å². The van der Waals surface area contributed by atoms with Gasteiger partial charge in [-0.1, -0.05) is 0 Å². The maximum absolute atomic E-state index is 13.7. The molecule has 0 N–H and O–H groups in total. The van der Waals surface area contributed by atoms with Crippen LogP contribution < -0.4 is 0 Å². The lowest BCUT2D eigenvalue weighted by atomic mass is 10.2. The fraction of sp³-hybridized carbons (Fsp3) is 0.500. The van der Waals surface area contributed by atoms with Crippen molar-refractivity contribution in [2.24, 2.45) is 0 Å². The Kier molecular flexibility index (Phi) is 4.82. The number of sulfonamides is 1. The minimum absolute atomic E-state index is 0.0487. The first-order valence-corrected chi connectivity index (χ1v) is 8.08. The average Bonchev–Trinajstić information content (AvgIpc) is 2.37. The van der Waals surface area contributed by atoms with Gasteiger partial charge in [0.2, 0.25) is 10.0 Å². The predicted molar refractivity (Wildman–Crippen MR) is 70.1 cm³/mol. The van der Waals surface area contributed by atoms with Gasteiger partial charge in [-0.15, -0.1) is 11.6 Å². The van der Waals surface area contributed by atoms with Crippen LogP contribution in [0.2, 0.25) is 0 Å². The number of halogens is 4. The van der Waals surface area contributed by atoms with Crippen molar-refractivity contribution in [3.63, 3.8) is 0 Å². The zero-order valence-corrected chi connectivity index (χ0v) is 12.6. The first kappa shape index (κ1) is 16.5. The van der Waals surface area contributed by atoms with E-state index in [1.807, 2.05) is 0 Å². The van der Waals surface area contributed by atoms with Crippen molar-refractivity contribution in [2.75, 3.05) is 19.0 Å². The Bertz CT molecular complexity index is 618. The summed E-state index contributed by atoms with van der Waals surface area (Å²) in [7, 11) is -4.45. The van der Waals surface area contributed by atoms with Gasteiger partial charge in [0.15, 0.2) is 4.90 Å². The Balaban J connectivity index is 2.46. The highest BCUT2D eigenvalue weighted by molar-refractivity contribution is 7.89. The third kappa shape index (κ3) is 3.18. The molecule has 0 spiro atoms. The van der Waals surface area contributed by atoms with Crippen molar-refractivity contribution in [2.45, 2.75) is 24.0 Å². The monoisotopic (exact) mass is 343 g/mol. The van der Waals surface area contributed by atoms with E-state index in [1.54, 1.807) is 6.92 Å². The summed E-state index contributed by atoms with van der Waals surface area (Å²) in [6.45, 7) is 1.48. The number of hydrogen-bond acceptors (Lipinski definition) is 3. The lowest BCUT2D eigenvalue weighted by Gasteiger charge is -2.36. The summed E-state index contributed by atoms with van der Waals surface area (Å²) in [5.41, 5.74) is 0. The van der Waals surface area contributed by atoms with Gasteiger partial charge in [0.25, 0.3) is 0 Å². The smallest absolute Gasteiger partial charge is 0.249 e. The molecular formula is C12H13ClF3NO3S. The Morgan fingerprint density at radius 1 is 1.33 bits per heavy atom. The lowest BCUT2D eigenvalue weighted by Crippen LogP contribution is -2.51. The molecule has 0 amide bonds. The van der Waals surface area contributed by atoms with Crippen molar-refractivity contribution >= 4 is 21.6 Å². The van der Waals surface area contributed by atoms with Crippen LogP contribution in [-0.4, -0.2) is 43.9 Å². The third-order valence-electron chi connectivity index (χ3n) is 3.15. The molecule has 9 heteroatoms. The molecule has 4 nitrogen and oxygen atoms in total. The standard InChI is InChI=1S/C12H13ClF3NO3S/c1-7-6-20-9(4-13)5-17(7)21(18,19)12-10(15)2-8(14)3-11(12)16/h2-3,7,9H,4-6H2,1H3. The molecule has 21 heavy (non-hydrogen) atoms. The minimum atomic E-state index is -4.45. The van der Waals surface area contributed by atoms with Gasteiger partial charge in [0.05, 0.1) is 12.7 Å². The van der Waals surface area contributed by atoms with Crippen LogP contribution in [0.15, 0.2) is 17.0 Å². The van der Waals surface area contributed by atoms with Crippen molar-refractivity contribution < 1.29 is 26.3 Å². The average molecular weight is 344 g/mol. The molecule has 0 bridgehead atoms. The molecule has 2 unspecified atom stereocenters. The van der Waals surface area contributed by atoms with Gasteiger partial charge < -0.3 is 4.74 Å². The summed E-state index contributed by atoms with van der Waals surface area (Å²) in [6, 6.07) is 0.0542. The number of hydrogen-bond donors (Lipinski definition) is 0. The molecule has 2 atom stereocenters. The number of nitrogens with zero attached hydrogens (tertiary/aromatic N) is 1. The maximum Gasteiger partial charge on any atom is 0.249 e. The van der Waals surface area contributed by atoms with Crippen molar-refractivity contribution in [3.05, 3.63) is 29.6 Å². The van der Waals surface area contributed by atoms with Crippen LogP contribution in [0.3, 0.4) is 0 Å². The number of ether oxygens (including phenoxy) is 1. The van der Waals surface area contributed by atoms with Gasteiger partial charge >= 0.3 is 0 Å². The molecule has 1 aliphatic heterocycles. The summed E-state index contributed by atoms with van der Waals surface area (Å²) in [5, 5.41) is 0. The van der Waals surface area contributed by atoms with E-state index in [2.05, 4.69) is 0 Å². The highest BCUT2D eigenvalue weighted by Crippen LogP contribution is 2.27. The normalized spacial score (nSPS) is 24.2. The van der Waals surface area contributed by atoms with Crippen LogP contribution in [0.4, 0.5) is 13.2 Å². The van der Waals surface area contributed by atoms with Crippen molar-refractivity contribution in [3.8, 4) is 0 Å². The summed E-state index contributed by atoms with van der Waals surface area (Å²) in [4.78, 5) is -1.16. The van der Waals surface area contributed by atoms with E-state index >= 15 is 0 Å². The van der Waals surface area contributed by atoms with E-state index in [9.17, 15) is 21.6 Å². The molecular weight excluding hydrogens is 331 g/mol. The molecule has 0 aliphatic carbocycles. The zero-order chi connectivity index (χ0) is 15.8. The second kappa shape index (κ2) is 6.12. The summed E-state index contributed by atoms with van der Waals surface area (Å²) >= 11 is 5.63. The van der Waals surface area contributed by atoms with E-state index in [4.69, 9.17) is 16.3 Å². The number of rotatable bonds is 3. The fourth-order valence-electron chi connectivity index (χ4n) is 2.11. The van der Waals surface area contributed by atoms with Crippen molar-refractivity contribution in [1.82, 2.24) is 4.31 Å². The first-order chi connectivity index (χ1) is 9.77. The summed E-state index contributed by atoms with van der Waals surface area (Å²) in [6.07, 6.45) is -0.566. The summed E-state index contributed by atoms with van der Waals surface area (Å²) in [5.74, 6) is -4.06. The molecule has 2 rings (SSSR count). The van der Waals surface area contributed by atoms with E-state index in [0.717, 1.165) is 4.31 Å². The number of benzene rings is 1. The summed E-state index contributed by atoms with van der Waals surface area (Å²) < 4.78 is 71.4. The molecule has 1 aromatic carbocycles.